The van der Waals surface area contributed by atoms with Gasteiger partial charge in [-0.25, -0.2) is 0 Å². The Morgan fingerprint density at radius 1 is 1.36 bits per heavy atom. The van der Waals surface area contributed by atoms with Gasteiger partial charge in [0.2, 0.25) is 0 Å². The van der Waals surface area contributed by atoms with Crippen LogP contribution in [0.15, 0.2) is 28.7 Å². The molecule has 1 nitrogen and oxygen atoms in total. The Morgan fingerprint density at radius 3 is 2.79 bits per heavy atom. The van der Waals surface area contributed by atoms with Crippen molar-refractivity contribution in [1.82, 2.24) is 5.32 Å². The molecule has 1 atom stereocenters. The molecule has 1 heterocycles. The highest BCUT2D eigenvalue weighted by Gasteiger charge is 2.14. The lowest BCUT2D eigenvalue weighted by atomic mass is 10.2. The molecule has 0 spiro atoms. The van der Waals surface area contributed by atoms with Crippen LogP contribution in [0.5, 0.6) is 0 Å². The van der Waals surface area contributed by atoms with Crippen LogP contribution in [0.2, 0.25) is 0 Å². The van der Waals surface area contributed by atoms with Crippen LogP contribution in [0.3, 0.4) is 0 Å². The number of hydrogen-bond donors (Lipinski definition) is 1. The molecule has 0 aliphatic carbocycles. The van der Waals surface area contributed by atoms with Gasteiger partial charge >= 0.3 is 0 Å². The second-order valence-electron chi connectivity index (χ2n) is 3.55. The van der Waals surface area contributed by atoms with Crippen molar-refractivity contribution in [2.45, 2.75) is 17.4 Å². The van der Waals surface area contributed by atoms with Crippen molar-refractivity contribution in [3.05, 3.63) is 34.3 Å². The molecule has 1 fully saturated rings. The van der Waals surface area contributed by atoms with Crippen LogP contribution < -0.4 is 5.32 Å². The summed E-state index contributed by atoms with van der Waals surface area (Å²) in [7, 11) is 0. The Balaban J connectivity index is 1.82. The van der Waals surface area contributed by atoms with E-state index in [0.29, 0.717) is 0 Å². The summed E-state index contributed by atoms with van der Waals surface area (Å²) in [6.07, 6.45) is 1.32. The monoisotopic (exact) mass is 271 g/mol. The van der Waals surface area contributed by atoms with Crippen molar-refractivity contribution < 1.29 is 0 Å². The van der Waals surface area contributed by atoms with Crippen molar-refractivity contribution in [2.24, 2.45) is 0 Å². The molecule has 0 bridgehead atoms. The molecule has 14 heavy (non-hydrogen) atoms. The zero-order valence-corrected chi connectivity index (χ0v) is 10.4. The Kier molecular flexibility index (Phi) is 3.90. The third-order valence-electron chi connectivity index (χ3n) is 2.41. The normalized spacial score (nSPS) is 21.4. The van der Waals surface area contributed by atoms with Crippen LogP contribution in [0.25, 0.3) is 0 Å². The van der Waals surface area contributed by atoms with Gasteiger partial charge in [0.05, 0.1) is 0 Å². The Morgan fingerprint density at radius 2 is 2.14 bits per heavy atom. The zero-order valence-electron chi connectivity index (χ0n) is 8.00. The lowest BCUT2D eigenvalue weighted by molar-refractivity contribution is 0.858. The maximum absolute atomic E-state index is 3.45. The summed E-state index contributed by atoms with van der Waals surface area (Å²) in [4.78, 5) is 0. The van der Waals surface area contributed by atoms with Gasteiger partial charge in [0, 0.05) is 22.0 Å². The highest BCUT2D eigenvalue weighted by molar-refractivity contribution is 9.10. The number of halogens is 1. The fourth-order valence-corrected chi connectivity index (χ4v) is 2.97. The Hall–Kier alpha value is 0.01000. The highest BCUT2D eigenvalue weighted by Crippen LogP contribution is 2.22. The van der Waals surface area contributed by atoms with Crippen LogP contribution in [-0.4, -0.2) is 18.3 Å². The predicted octanol–water partition coefficient (Wildman–Crippen LogP) is 3.04. The number of thioether (sulfide) groups is 1. The highest BCUT2D eigenvalue weighted by atomic mass is 79.9. The van der Waals surface area contributed by atoms with Crippen LogP contribution in [-0.2, 0) is 5.75 Å². The predicted molar refractivity (Wildman–Crippen MR) is 66.7 cm³/mol. The lowest BCUT2D eigenvalue weighted by Gasteiger charge is -2.07. The summed E-state index contributed by atoms with van der Waals surface area (Å²) in [5.74, 6) is 1.14. The molecule has 1 aromatic carbocycles. The summed E-state index contributed by atoms with van der Waals surface area (Å²) in [5, 5.41) is 4.21. The van der Waals surface area contributed by atoms with Gasteiger partial charge in [-0.3, -0.25) is 0 Å². The smallest absolute Gasteiger partial charge is 0.0187 e. The summed E-state index contributed by atoms with van der Waals surface area (Å²) in [6.45, 7) is 2.37. The minimum absolute atomic E-state index is 0.818. The van der Waals surface area contributed by atoms with Gasteiger partial charge < -0.3 is 5.32 Å². The molecule has 0 saturated carbocycles. The summed E-state index contributed by atoms with van der Waals surface area (Å²) >= 11 is 5.51. The standard InChI is InChI=1S/C11H14BrNS/c12-10-3-1-9(2-4-10)8-14-11-5-6-13-7-11/h1-4,11,13H,5-8H2. The van der Waals surface area contributed by atoms with Gasteiger partial charge in [-0.2, -0.15) is 11.8 Å². The van der Waals surface area contributed by atoms with Crippen LogP contribution in [0, 0.1) is 0 Å². The van der Waals surface area contributed by atoms with E-state index in [1.807, 2.05) is 0 Å². The molecule has 76 valence electrons. The molecule has 1 aliphatic rings. The molecule has 1 aromatic rings. The number of hydrogen-bond acceptors (Lipinski definition) is 2. The van der Waals surface area contributed by atoms with Crippen molar-refractivity contribution in [3.8, 4) is 0 Å². The first-order valence-electron chi connectivity index (χ1n) is 4.91. The van der Waals surface area contributed by atoms with E-state index < -0.39 is 0 Å². The van der Waals surface area contributed by atoms with Gasteiger partial charge in [0.15, 0.2) is 0 Å². The van der Waals surface area contributed by atoms with Crippen molar-refractivity contribution in [1.29, 1.82) is 0 Å². The summed E-state index contributed by atoms with van der Waals surface area (Å²) < 4.78 is 1.16. The molecule has 1 aliphatic heterocycles. The quantitative estimate of drug-likeness (QED) is 0.907. The van der Waals surface area contributed by atoms with E-state index in [0.717, 1.165) is 15.5 Å². The van der Waals surface area contributed by atoms with Gasteiger partial charge in [0.1, 0.15) is 0 Å². The Bertz CT molecular complexity index is 280. The second-order valence-corrected chi connectivity index (χ2v) is 5.76. The minimum Gasteiger partial charge on any atom is -0.316 e. The molecular weight excluding hydrogens is 258 g/mol. The molecule has 0 radical (unpaired) electrons. The third-order valence-corrected chi connectivity index (χ3v) is 4.32. The Labute approximate surface area is 97.8 Å². The molecule has 3 heteroatoms. The van der Waals surface area contributed by atoms with Gasteiger partial charge in [-0.15, -0.1) is 0 Å². The van der Waals surface area contributed by atoms with Crippen molar-refractivity contribution >= 4 is 27.7 Å². The summed E-state index contributed by atoms with van der Waals surface area (Å²) in [5.41, 5.74) is 1.42. The fraction of sp³-hybridized carbons (Fsp3) is 0.455. The van der Waals surface area contributed by atoms with Crippen molar-refractivity contribution in [3.63, 3.8) is 0 Å². The summed E-state index contributed by atoms with van der Waals surface area (Å²) in [6, 6.07) is 8.62. The van der Waals surface area contributed by atoms with E-state index in [9.17, 15) is 0 Å². The largest absolute Gasteiger partial charge is 0.316 e. The first kappa shape index (κ1) is 10.5. The number of rotatable bonds is 3. The molecule has 1 N–H and O–H groups in total. The first-order valence-corrected chi connectivity index (χ1v) is 6.75. The van der Waals surface area contributed by atoms with Crippen molar-refractivity contribution in [2.75, 3.05) is 13.1 Å². The van der Waals surface area contributed by atoms with E-state index in [2.05, 4.69) is 57.3 Å². The second kappa shape index (κ2) is 5.19. The molecule has 0 amide bonds. The third kappa shape index (κ3) is 3.01. The zero-order chi connectivity index (χ0) is 9.80. The first-order chi connectivity index (χ1) is 6.84. The van der Waals surface area contributed by atoms with E-state index >= 15 is 0 Å². The minimum atomic E-state index is 0.818. The topological polar surface area (TPSA) is 12.0 Å². The van der Waals surface area contributed by atoms with E-state index in [4.69, 9.17) is 0 Å². The molecule has 0 aromatic heterocycles. The number of benzene rings is 1. The van der Waals surface area contributed by atoms with E-state index in [1.165, 1.54) is 25.1 Å². The molecular formula is C11H14BrNS. The van der Waals surface area contributed by atoms with E-state index in [-0.39, 0.29) is 0 Å². The SMILES string of the molecule is Brc1ccc(CSC2CCNC2)cc1. The van der Waals surface area contributed by atoms with Crippen LogP contribution >= 0.6 is 27.7 Å². The lowest BCUT2D eigenvalue weighted by Crippen LogP contribution is -2.10. The molecule has 1 saturated heterocycles. The maximum atomic E-state index is 3.45. The molecule has 2 rings (SSSR count). The maximum Gasteiger partial charge on any atom is 0.0187 e. The average molecular weight is 272 g/mol. The van der Waals surface area contributed by atoms with Gasteiger partial charge in [-0.1, -0.05) is 28.1 Å². The van der Waals surface area contributed by atoms with E-state index in [1.54, 1.807) is 0 Å². The van der Waals surface area contributed by atoms with Gasteiger partial charge in [0.25, 0.3) is 0 Å². The average Bonchev–Trinajstić information content (AvgIpc) is 2.70. The van der Waals surface area contributed by atoms with Gasteiger partial charge in [-0.05, 0) is 30.7 Å². The number of nitrogens with one attached hydrogen (secondary N) is 1. The van der Waals surface area contributed by atoms with Crippen LogP contribution in [0.1, 0.15) is 12.0 Å². The fourth-order valence-electron chi connectivity index (χ4n) is 1.57. The van der Waals surface area contributed by atoms with Crippen LogP contribution in [0.4, 0.5) is 0 Å². The molecule has 1 unspecified atom stereocenters.